The number of hydrogen-bond donors (Lipinski definition) is 0. The summed E-state index contributed by atoms with van der Waals surface area (Å²) in [7, 11) is -5.68. The highest BCUT2D eigenvalue weighted by molar-refractivity contribution is 7.88. The molecule has 1 aromatic carbocycles. The van der Waals surface area contributed by atoms with Crippen LogP contribution in [0.5, 0.6) is 5.75 Å². The normalized spacial score (nSPS) is 12.6. The van der Waals surface area contributed by atoms with Gasteiger partial charge in [0.05, 0.1) is 11.2 Å². The molecule has 0 saturated heterocycles. The number of nitrogens with zero attached hydrogens (tertiary/aromatic N) is 1. The van der Waals surface area contributed by atoms with Gasteiger partial charge >= 0.3 is 15.6 Å². The third kappa shape index (κ3) is 2.62. The largest absolute Gasteiger partial charge is 0.534 e. The van der Waals surface area contributed by atoms with Gasteiger partial charge in [-0.3, -0.25) is 0 Å². The molecular formula is C11H8F3NO3S. The Morgan fingerprint density at radius 3 is 2.47 bits per heavy atom. The lowest BCUT2D eigenvalue weighted by Gasteiger charge is -2.11. The van der Waals surface area contributed by atoms with Crippen molar-refractivity contribution < 1.29 is 25.8 Å². The Balaban J connectivity index is 2.50. The maximum Gasteiger partial charge on any atom is 0.534 e. The van der Waals surface area contributed by atoms with Crippen LogP contribution in [0.25, 0.3) is 10.9 Å². The van der Waals surface area contributed by atoms with Crippen molar-refractivity contribution in [2.45, 2.75) is 12.4 Å². The van der Waals surface area contributed by atoms with Crippen molar-refractivity contribution in [3.63, 3.8) is 0 Å². The van der Waals surface area contributed by atoms with Crippen molar-refractivity contribution in [3.8, 4) is 5.75 Å². The maximum atomic E-state index is 12.2. The third-order valence-corrected chi connectivity index (χ3v) is 3.32. The Morgan fingerprint density at radius 2 is 1.84 bits per heavy atom. The Morgan fingerprint density at radius 1 is 1.21 bits per heavy atom. The molecule has 0 aliphatic rings. The number of para-hydroxylation sites is 1. The van der Waals surface area contributed by atoms with Crippen LogP contribution in [0.2, 0.25) is 0 Å². The smallest absolute Gasteiger partial charge is 0.374 e. The first-order valence-corrected chi connectivity index (χ1v) is 6.49. The zero-order chi connectivity index (χ0) is 14.3. The van der Waals surface area contributed by atoms with Crippen LogP contribution in [0.1, 0.15) is 5.69 Å². The molecule has 0 spiro atoms. The second-order valence-corrected chi connectivity index (χ2v) is 5.29. The van der Waals surface area contributed by atoms with E-state index < -0.39 is 21.4 Å². The highest BCUT2D eigenvalue weighted by Crippen LogP contribution is 2.29. The van der Waals surface area contributed by atoms with E-state index in [0.717, 1.165) is 0 Å². The van der Waals surface area contributed by atoms with Gasteiger partial charge in [0, 0.05) is 5.39 Å². The number of aryl methyl sites for hydroxylation is 1. The van der Waals surface area contributed by atoms with Crippen LogP contribution in [0, 0.1) is 6.92 Å². The minimum atomic E-state index is -5.68. The zero-order valence-corrected chi connectivity index (χ0v) is 10.4. The van der Waals surface area contributed by atoms with E-state index in [1.807, 2.05) is 0 Å². The van der Waals surface area contributed by atoms with Gasteiger partial charge in [0.25, 0.3) is 0 Å². The first kappa shape index (κ1) is 13.6. The van der Waals surface area contributed by atoms with Crippen LogP contribution in [-0.2, 0) is 10.1 Å². The number of alkyl halides is 3. The third-order valence-electron chi connectivity index (χ3n) is 2.35. The Bertz CT molecular complexity index is 726. The number of hydrogen-bond acceptors (Lipinski definition) is 4. The number of halogens is 3. The molecule has 4 nitrogen and oxygen atoms in total. The summed E-state index contributed by atoms with van der Waals surface area (Å²) in [5, 5.41) is 0.487. The quantitative estimate of drug-likeness (QED) is 0.630. The lowest BCUT2D eigenvalue weighted by Crippen LogP contribution is -2.28. The van der Waals surface area contributed by atoms with Gasteiger partial charge in [-0.05, 0) is 19.1 Å². The fraction of sp³-hybridized carbons (Fsp3) is 0.182. The Hall–Kier alpha value is -1.83. The van der Waals surface area contributed by atoms with Crippen molar-refractivity contribution in [2.24, 2.45) is 0 Å². The molecule has 0 aliphatic carbocycles. The minimum Gasteiger partial charge on any atom is -0.374 e. The summed E-state index contributed by atoms with van der Waals surface area (Å²) in [5.74, 6) is -0.434. The molecule has 2 rings (SSSR count). The van der Waals surface area contributed by atoms with Crippen molar-refractivity contribution in [2.75, 3.05) is 0 Å². The second-order valence-electron chi connectivity index (χ2n) is 3.75. The van der Waals surface area contributed by atoms with E-state index in [0.29, 0.717) is 10.9 Å². The molecule has 0 bridgehead atoms. The highest BCUT2D eigenvalue weighted by Gasteiger charge is 2.48. The van der Waals surface area contributed by atoms with Crippen LogP contribution < -0.4 is 4.18 Å². The summed E-state index contributed by atoms with van der Waals surface area (Å²) in [6, 6.07) is 7.82. The molecule has 0 radical (unpaired) electrons. The maximum absolute atomic E-state index is 12.2. The van der Waals surface area contributed by atoms with E-state index in [-0.39, 0.29) is 5.69 Å². The number of fused-ring (bicyclic) bond motifs is 1. The topological polar surface area (TPSA) is 56.3 Å². The van der Waals surface area contributed by atoms with Crippen molar-refractivity contribution in [1.82, 2.24) is 4.98 Å². The second kappa shape index (κ2) is 4.37. The standard InChI is InChI=1S/C11H8F3NO3S/c1-7-10(18-19(16,17)11(12,13)14)6-8-4-2-3-5-9(8)15-7/h2-6H,1H3. The van der Waals surface area contributed by atoms with Crippen molar-refractivity contribution in [1.29, 1.82) is 0 Å². The minimum absolute atomic E-state index is 0.0616. The molecule has 19 heavy (non-hydrogen) atoms. The number of benzene rings is 1. The monoisotopic (exact) mass is 291 g/mol. The summed E-state index contributed by atoms with van der Waals surface area (Å²) in [6.07, 6.45) is 0. The van der Waals surface area contributed by atoms with Crippen LogP contribution >= 0.6 is 0 Å². The van der Waals surface area contributed by atoms with Gasteiger partial charge in [-0.15, -0.1) is 0 Å². The molecule has 0 aliphatic heterocycles. The fourth-order valence-electron chi connectivity index (χ4n) is 1.44. The molecule has 8 heteroatoms. The summed E-state index contributed by atoms with van der Waals surface area (Å²) in [6.45, 7) is 1.37. The van der Waals surface area contributed by atoms with Crippen LogP contribution in [0.3, 0.4) is 0 Å². The van der Waals surface area contributed by atoms with Crippen LogP contribution in [-0.4, -0.2) is 18.9 Å². The van der Waals surface area contributed by atoms with Crippen molar-refractivity contribution >= 4 is 21.0 Å². The number of aromatic nitrogens is 1. The van der Waals surface area contributed by atoms with Crippen LogP contribution in [0.15, 0.2) is 30.3 Å². The molecule has 0 saturated carbocycles. The molecule has 0 unspecified atom stereocenters. The summed E-state index contributed by atoms with van der Waals surface area (Å²) >= 11 is 0. The van der Waals surface area contributed by atoms with Gasteiger partial charge in [0.1, 0.15) is 0 Å². The summed E-state index contributed by atoms with van der Waals surface area (Å²) < 4.78 is 62.7. The fourth-order valence-corrected chi connectivity index (χ4v) is 1.94. The van der Waals surface area contributed by atoms with Gasteiger partial charge in [-0.25, -0.2) is 4.98 Å². The predicted molar refractivity (Wildman–Crippen MR) is 62.1 cm³/mol. The van der Waals surface area contributed by atoms with E-state index >= 15 is 0 Å². The highest BCUT2D eigenvalue weighted by atomic mass is 32.2. The molecule has 1 aromatic heterocycles. The predicted octanol–water partition coefficient (Wildman–Crippen LogP) is 2.77. The van der Waals surface area contributed by atoms with Gasteiger partial charge in [0.2, 0.25) is 0 Å². The Labute approximate surface area is 107 Å². The average molecular weight is 291 g/mol. The average Bonchev–Trinajstić information content (AvgIpc) is 2.28. The molecule has 0 N–H and O–H groups in total. The number of rotatable bonds is 2. The van der Waals surface area contributed by atoms with Crippen LogP contribution in [0.4, 0.5) is 13.2 Å². The van der Waals surface area contributed by atoms with E-state index in [1.165, 1.54) is 13.0 Å². The first-order valence-electron chi connectivity index (χ1n) is 5.08. The van der Waals surface area contributed by atoms with E-state index in [9.17, 15) is 21.6 Å². The zero-order valence-electron chi connectivity index (χ0n) is 9.60. The van der Waals surface area contributed by atoms with Gasteiger partial charge in [0.15, 0.2) is 5.75 Å². The molecule has 0 atom stereocenters. The number of pyridine rings is 1. The van der Waals surface area contributed by atoms with E-state index in [2.05, 4.69) is 9.17 Å². The van der Waals surface area contributed by atoms with Gasteiger partial charge in [-0.1, -0.05) is 18.2 Å². The van der Waals surface area contributed by atoms with Crippen molar-refractivity contribution in [3.05, 3.63) is 36.0 Å². The van der Waals surface area contributed by atoms with E-state index in [4.69, 9.17) is 0 Å². The van der Waals surface area contributed by atoms with E-state index in [1.54, 1.807) is 24.3 Å². The molecular weight excluding hydrogens is 283 g/mol. The summed E-state index contributed by atoms with van der Waals surface area (Å²) in [5.41, 5.74) is -4.87. The van der Waals surface area contributed by atoms with Gasteiger partial charge < -0.3 is 4.18 Å². The summed E-state index contributed by atoms with van der Waals surface area (Å²) in [4.78, 5) is 3.99. The SMILES string of the molecule is Cc1nc2ccccc2cc1OS(=O)(=O)C(F)(F)F. The molecule has 2 aromatic rings. The molecule has 0 amide bonds. The first-order chi connectivity index (χ1) is 8.71. The molecule has 1 heterocycles. The lowest BCUT2D eigenvalue weighted by atomic mass is 10.2. The van der Waals surface area contributed by atoms with Gasteiger partial charge in [-0.2, -0.15) is 21.6 Å². The lowest BCUT2D eigenvalue weighted by molar-refractivity contribution is -0.0500. The molecule has 0 fully saturated rings. The Kier molecular flexibility index (Phi) is 3.13. The molecule has 102 valence electrons.